The second-order valence-corrected chi connectivity index (χ2v) is 3.12. The van der Waals surface area contributed by atoms with Crippen LogP contribution >= 0.6 is 0 Å². The summed E-state index contributed by atoms with van der Waals surface area (Å²) in [6.07, 6.45) is 0. The number of nitrogens with zero attached hydrogens (tertiary/aromatic N) is 1. The minimum absolute atomic E-state index is 0.382. The quantitative estimate of drug-likeness (QED) is 0.828. The van der Waals surface area contributed by atoms with Crippen molar-refractivity contribution in [1.29, 1.82) is 0 Å². The Morgan fingerprint density at radius 1 is 1.40 bits per heavy atom. The molecule has 1 aromatic heterocycles. The lowest BCUT2D eigenvalue weighted by Gasteiger charge is -2.00. The van der Waals surface area contributed by atoms with Gasteiger partial charge in [0.05, 0.1) is 12.8 Å². The molecular formula is C11H12N2O2. The summed E-state index contributed by atoms with van der Waals surface area (Å²) in [4.78, 5) is 0. The Hall–Kier alpha value is -1.81. The molecule has 78 valence electrons. The summed E-state index contributed by atoms with van der Waals surface area (Å²) >= 11 is 0. The molecule has 0 fully saturated rings. The van der Waals surface area contributed by atoms with Gasteiger partial charge in [0.25, 0.3) is 0 Å². The van der Waals surface area contributed by atoms with Crippen molar-refractivity contribution in [2.45, 2.75) is 6.54 Å². The molecule has 4 heteroatoms. The van der Waals surface area contributed by atoms with Crippen LogP contribution in [-0.4, -0.2) is 12.3 Å². The first-order chi connectivity index (χ1) is 7.33. The summed E-state index contributed by atoms with van der Waals surface area (Å²) in [6, 6.07) is 9.43. The molecular weight excluding hydrogens is 192 g/mol. The van der Waals surface area contributed by atoms with Gasteiger partial charge in [0.2, 0.25) is 0 Å². The highest BCUT2D eigenvalue weighted by Gasteiger charge is 2.06. The molecule has 0 radical (unpaired) electrons. The first kappa shape index (κ1) is 9.73. The lowest BCUT2D eigenvalue weighted by atomic mass is 10.1. The minimum atomic E-state index is 0.382. The molecule has 0 aliphatic heterocycles. The van der Waals surface area contributed by atoms with Crippen LogP contribution in [0.15, 0.2) is 34.9 Å². The van der Waals surface area contributed by atoms with E-state index in [0.29, 0.717) is 12.3 Å². The van der Waals surface area contributed by atoms with Crippen molar-refractivity contribution in [3.05, 3.63) is 36.0 Å². The zero-order chi connectivity index (χ0) is 10.7. The normalized spacial score (nSPS) is 10.3. The van der Waals surface area contributed by atoms with E-state index in [1.807, 2.05) is 30.3 Å². The summed E-state index contributed by atoms with van der Waals surface area (Å²) in [7, 11) is 1.63. The molecule has 2 N–H and O–H groups in total. The molecule has 0 aliphatic carbocycles. The zero-order valence-corrected chi connectivity index (χ0v) is 8.43. The number of ether oxygens (including phenoxy) is 1. The molecule has 0 spiro atoms. The molecule has 4 nitrogen and oxygen atoms in total. The van der Waals surface area contributed by atoms with Crippen LogP contribution in [0.2, 0.25) is 0 Å². The van der Waals surface area contributed by atoms with Gasteiger partial charge in [-0.1, -0.05) is 17.3 Å². The summed E-state index contributed by atoms with van der Waals surface area (Å²) in [5, 5.41) is 3.83. The molecule has 0 saturated heterocycles. The number of rotatable bonds is 3. The number of hydrogen-bond acceptors (Lipinski definition) is 4. The maximum Gasteiger partial charge on any atom is 0.167 e. The monoisotopic (exact) mass is 204 g/mol. The molecule has 0 unspecified atom stereocenters. The van der Waals surface area contributed by atoms with Crippen LogP contribution in [0.25, 0.3) is 11.3 Å². The fraction of sp³-hybridized carbons (Fsp3) is 0.182. The van der Waals surface area contributed by atoms with E-state index in [9.17, 15) is 0 Å². The van der Waals surface area contributed by atoms with E-state index in [1.165, 1.54) is 0 Å². The van der Waals surface area contributed by atoms with Crippen LogP contribution in [0.5, 0.6) is 5.75 Å². The zero-order valence-electron chi connectivity index (χ0n) is 8.43. The average Bonchev–Trinajstić information content (AvgIpc) is 2.78. The Kier molecular flexibility index (Phi) is 2.69. The van der Waals surface area contributed by atoms with Gasteiger partial charge in [0.1, 0.15) is 5.75 Å². The maximum atomic E-state index is 5.45. The van der Waals surface area contributed by atoms with Gasteiger partial charge in [0, 0.05) is 18.2 Å². The number of nitrogens with two attached hydrogens (primary N) is 1. The number of benzene rings is 1. The predicted octanol–water partition coefficient (Wildman–Crippen LogP) is 1.81. The van der Waals surface area contributed by atoms with Gasteiger partial charge < -0.3 is 15.0 Å². The SMILES string of the molecule is COc1cccc(-c2cc(CN)no2)c1. The lowest BCUT2D eigenvalue weighted by molar-refractivity contribution is 0.412. The Bertz CT molecular complexity index is 451. The molecule has 1 aromatic carbocycles. The van der Waals surface area contributed by atoms with Crippen LogP contribution in [0.4, 0.5) is 0 Å². The van der Waals surface area contributed by atoms with Crippen LogP contribution < -0.4 is 10.5 Å². The standard InChI is InChI=1S/C11H12N2O2/c1-14-10-4-2-3-8(5-10)11-6-9(7-12)13-15-11/h2-6H,7,12H2,1H3. The highest BCUT2D eigenvalue weighted by atomic mass is 16.5. The van der Waals surface area contributed by atoms with Gasteiger partial charge in [-0.3, -0.25) is 0 Å². The Morgan fingerprint density at radius 3 is 2.93 bits per heavy atom. The summed E-state index contributed by atoms with van der Waals surface area (Å²) in [5.74, 6) is 1.49. The third-order valence-electron chi connectivity index (χ3n) is 2.12. The lowest BCUT2D eigenvalue weighted by Crippen LogP contribution is -1.94. The number of hydrogen-bond donors (Lipinski definition) is 1. The first-order valence-electron chi connectivity index (χ1n) is 4.63. The first-order valence-corrected chi connectivity index (χ1v) is 4.63. The van der Waals surface area contributed by atoms with Crippen LogP contribution in [0, 0.1) is 0 Å². The molecule has 0 aliphatic rings. The molecule has 0 atom stereocenters. The topological polar surface area (TPSA) is 61.3 Å². The average molecular weight is 204 g/mol. The summed E-state index contributed by atoms with van der Waals surface area (Å²) < 4.78 is 10.3. The smallest absolute Gasteiger partial charge is 0.167 e. The van der Waals surface area contributed by atoms with Crippen LogP contribution in [-0.2, 0) is 6.54 Å². The molecule has 0 saturated carbocycles. The fourth-order valence-electron chi connectivity index (χ4n) is 1.32. The van der Waals surface area contributed by atoms with E-state index in [4.69, 9.17) is 15.0 Å². The van der Waals surface area contributed by atoms with Gasteiger partial charge in [-0.2, -0.15) is 0 Å². The van der Waals surface area contributed by atoms with Crippen LogP contribution in [0.3, 0.4) is 0 Å². The molecule has 1 heterocycles. The molecule has 2 aromatic rings. The van der Waals surface area contributed by atoms with Crippen molar-refractivity contribution in [1.82, 2.24) is 5.16 Å². The molecule has 2 rings (SSSR count). The van der Waals surface area contributed by atoms with E-state index in [1.54, 1.807) is 7.11 Å². The van der Waals surface area contributed by atoms with E-state index >= 15 is 0 Å². The third-order valence-corrected chi connectivity index (χ3v) is 2.12. The van der Waals surface area contributed by atoms with Gasteiger partial charge in [-0.05, 0) is 12.1 Å². The third kappa shape index (κ3) is 1.99. The highest BCUT2D eigenvalue weighted by Crippen LogP contribution is 2.24. The van der Waals surface area contributed by atoms with Crippen molar-refractivity contribution in [3.8, 4) is 17.1 Å². The largest absolute Gasteiger partial charge is 0.497 e. The van der Waals surface area contributed by atoms with E-state index < -0.39 is 0 Å². The van der Waals surface area contributed by atoms with Crippen molar-refractivity contribution in [2.75, 3.05) is 7.11 Å². The molecule has 15 heavy (non-hydrogen) atoms. The van der Waals surface area contributed by atoms with Crippen LogP contribution in [0.1, 0.15) is 5.69 Å². The van der Waals surface area contributed by atoms with E-state index in [-0.39, 0.29) is 0 Å². The molecule has 0 amide bonds. The van der Waals surface area contributed by atoms with Gasteiger partial charge in [-0.15, -0.1) is 0 Å². The minimum Gasteiger partial charge on any atom is -0.497 e. The number of aromatic nitrogens is 1. The maximum absolute atomic E-state index is 5.45. The van der Waals surface area contributed by atoms with E-state index in [2.05, 4.69) is 5.16 Å². The van der Waals surface area contributed by atoms with Gasteiger partial charge >= 0.3 is 0 Å². The van der Waals surface area contributed by atoms with Crippen molar-refractivity contribution < 1.29 is 9.26 Å². The second-order valence-electron chi connectivity index (χ2n) is 3.12. The van der Waals surface area contributed by atoms with E-state index in [0.717, 1.165) is 17.0 Å². The summed E-state index contributed by atoms with van der Waals surface area (Å²) in [6.45, 7) is 0.382. The second kappa shape index (κ2) is 4.14. The Balaban J connectivity index is 2.35. The summed E-state index contributed by atoms with van der Waals surface area (Å²) in [5.41, 5.74) is 7.13. The predicted molar refractivity (Wildman–Crippen MR) is 56.4 cm³/mol. The number of methoxy groups -OCH3 is 1. The van der Waals surface area contributed by atoms with Crippen molar-refractivity contribution in [3.63, 3.8) is 0 Å². The highest BCUT2D eigenvalue weighted by molar-refractivity contribution is 5.59. The van der Waals surface area contributed by atoms with Gasteiger partial charge in [-0.25, -0.2) is 0 Å². The Morgan fingerprint density at radius 2 is 2.27 bits per heavy atom. The van der Waals surface area contributed by atoms with Crippen molar-refractivity contribution in [2.24, 2.45) is 5.73 Å². The fourth-order valence-corrected chi connectivity index (χ4v) is 1.32. The van der Waals surface area contributed by atoms with Crippen molar-refractivity contribution >= 4 is 0 Å². The Labute approximate surface area is 87.6 Å². The van der Waals surface area contributed by atoms with Gasteiger partial charge in [0.15, 0.2) is 5.76 Å². The molecule has 0 bridgehead atoms.